The third kappa shape index (κ3) is 20.0. The molecule has 3 amide bonds. The highest BCUT2D eigenvalue weighted by atomic mass is 32.2. The number of ether oxygens (including phenoxy) is 6. The average Bonchev–Trinajstić information content (AvgIpc) is 3.58. The Morgan fingerprint density at radius 1 is 0.896 bits per heavy atom. The topological polar surface area (TPSA) is 170 Å². The summed E-state index contributed by atoms with van der Waals surface area (Å²) >= 11 is 1.84. The van der Waals surface area contributed by atoms with E-state index in [1.165, 1.54) is 0 Å². The summed E-state index contributed by atoms with van der Waals surface area (Å²) < 4.78 is 62.7. The molecule has 2 saturated heterocycles. The normalized spacial score (nSPS) is 21.0. The minimum absolute atomic E-state index is 0.0145. The third-order valence-electron chi connectivity index (χ3n) is 7.20. The van der Waals surface area contributed by atoms with E-state index in [1.54, 1.807) is 27.9 Å². The lowest BCUT2D eigenvalue weighted by atomic mass is 10.0. The largest absolute Gasteiger partial charge is 0.475 e. The first kappa shape index (κ1) is 43.1. The summed E-state index contributed by atoms with van der Waals surface area (Å²) in [5, 5.41) is 9.19. The van der Waals surface area contributed by atoms with Gasteiger partial charge in [-0.3, -0.25) is 18.4 Å². The number of phosphoric ester groups is 1. The van der Waals surface area contributed by atoms with Crippen LogP contribution in [0.3, 0.4) is 0 Å². The predicted molar refractivity (Wildman–Crippen MR) is 182 cm³/mol. The molecule has 0 aliphatic carbocycles. The Labute approximate surface area is 290 Å². The highest BCUT2D eigenvalue weighted by Gasteiger charge is 2.42. The predicted octanol–water partition coefficient (Wildman–Crippen LogP) is 3.29. The van der Waals surface area contributed by atoms with Crippen LogP contribution >= 0.6 is 19.6 Å². The van der Waals surface area contributed by atoms with Gasteiger partial charge in [0.1, 0.15) is 0 Å². The van der Waals surface area contributed by atoms with Gasteiger partial charge in [0.2, 0.25) is 5.91 Å². The molecule has 2 fully saturated rings. The first-order valence-electron chi connectivity index (χ1n) is 17.0. The van der Waals surface area contributed by atoms with Crippen molar-refractivity contribution in [1.29, 1.82) is 0 Å². The van der Waals surface area contributed by atoms with E-state index < -0.39 is 13.4 Å². The zero-order chi connectivity index (χ0) is 35.1. The molecule has 48 heavy (non-hydrogen) atoms. The number of nitrogens with one attached hydrogen (secondary N) is 3. The van der Waals surface area contributed by atoms with Gasteiger partial charge in [0.25, 0.3) is 0 Å². The van der Waals surface area contributed by atoms with Gasteiger partial charge in [-0.25, -0.2) is 9.36 Å². The van der Waals surface area contributed by atoms with Crippen LogP contribution < -0.4 is 16.0 Å². The molecule has 15 nitrogen and oxygen atoms in total. The molecule has 2 aliphatic heterocycles. The van der Waals surface area contributed by atoms with E-state index in [9.17, 15) is 14.2 Å². The van der Waals surface area contributed by atoms with E-state index in [2.05, 4.69) is 16.0 Å². The minimum Gasteiger partial charge on any atom is -0.381 e. The lowest BCUT2D eigenvalue weighted by Gasteiger charge is -2.26. The molecule has 2 rings (SSSR count). The third-order valence-corrected chi connectivity index (χ3v) is 10.5. The van der Waals surface area contributed by atoms with Gasteiger partial charge in [0, 0.05) is 37.7 Å². The van der Waals surface area contributed by atoms with Crippen LogP contribution in [-0.4, -0.2) is 140 Å². The fourth-order valence-corrected chi connectivity index (χ4v) is 7.92. The number of thioether (sulfide) groups is 1. The van der Waals surface area contributed by atoms with Gasteiger partial charge in [0.05, 0.1) is 96.5 Å². The molecule has 2 heterocycles. The fraction of sp³-hybridized carbons (Fsp3) is 0.935. The van der Waals surface area contributed by atoms with Crippen molar-refractivity contribution in [3.8, 4) is 0 Å². The van der Waals surface area contributed by atoms with E-state index >= 15 is 0 Å². The number of carbonyl (C=O) groups excluding carboxylic acids is 2. The molecular formula is C31H60N3O12PS. The van der Waals surface area contributed by atoms with Crippen LogP contribution in [-0.2, 0) is 51.4 Å². The molecule has 0 spiro atoms. The summed E-state index contributed by atoms with van der Waals surface area (Å²) in [7, 11) is -2.28. The Morgan fingerprint density at radius 2 is 1.48 bits per heavy atom. The van der Waals surface area contributed by atoms with Gasteiger partial charge >= 0.3 is 13.9 Å². The second-order valence-electron chi connectivity index (χ2n) is 12.3. The fourth-order valence-electron chi connectivity index (χ4n) is 4.90. The quantitative estimate of drug-likeness (QED) is 0.0560. The smallest absolute Gasteiger partial charge is 0.381 e. The SMILES string of the molecule is CCOCCOCCOCCOCCOCCOP(=O)(OCCC(CCNC(=O)CCCC1SCC2NC(=O)NC21)OC)OC(C)(C)C. The van der Waals surface area contributed by atoms with Crippen molar-refractivity contribution in [3.63, 3.8) is 0 Å². The zero-order valence-electron chi connectivity index (χ0n) is 29.5. The average molecular weight is 730 g/mol. The molecule has 0 aromatic heterocycles. The summed E-state index contributed by atoms with van der Waals surface area (Å²) in [4.78, 5) is 23.9. The second kappa shape index (κ2) is 25.0. The van der Waals surface area contributed by atoms with Gasteiger partial charge in [0.15, 0.2) is 0 Å². The lowest BCUT2D eigenvalue weighted by molar-refractivity contribution is -0.121. The number of carbonyl (C=O) groups is 2. The van der Waals surface area contributed by atoms with E-state index in [0.717, 1.165) is 18.6 Å². The number of fused-ring (bicyclic) bond motifs is 1. The molecule has 2 aliphatic rings. The highest BCUT2D eigenvalue weighted by molar-refractivity contribution is 8.00. The minimum atomic E-state index is -3.87. The van der Waals surface area contributed by atoms with Crippen molar-refractivity contribution in [2.75, 3.05) is 98.7 Å². The number of methoxy groups -OCH3 is 1. The second-order valence-corrected chi connectivity index (χ2v) is 15.1. The number of hydrogen-bond acceptors (Lipinski definition) is 13. The van der Waals surface area contributed by atoms with Crippen molar-refractivity contribution in [1.82, 2.24) is 16.0 Å². The monoisotopic (exact) mass is 729 g/mol. The Morgan fingerprint density at radius 3 is 2.06 bits per heavy atom. The zero-order valence-corrected chi connectivity index (χ0v) is 31.2. The van der Waals surface area contributed by atoms with Gasteiger partial charge < -0.3 is 44.4 Å². The summed E-state index contributed by atoms with van der Waals surface area (Å²) in [6.45, 7) is 12.5. The van der Waals surface area contributed by atoms with Crippen molar-refractivity contribution in [2.45, 2.75) is 88.8 Å². The van der Waals surface area contributed by atoms with Crippen molar-refractivity contribution in [3.05, 3.63) is 0 Å². The summed E-state index contributed by atoms with van der Waals surface area (Å²) in [5.74, 6) is 0.891. The molecule has 17 heteroatoms. The highest BCUT2D eigenvalue weighted by Crippen LogP contribution is 2.52. The van der Waals surface area contributed by atoms with Crippen molar-refractivity contribution in [2.24, 2.45) is 0 Å². The molecule has 5 unspecified atom stereocenters. The van der Waals surface area contributed by atoms with Gasteiger partial charge in [-0.05, 0) is 53.4 Å². The molecule has 0 aromatic carbocycles. The number of amides is 3. The number of urea groups is 1. The van der Waals surface area contributed by atoms with Gasteiger partial charge in [-0.15, -0.1) is 0 Å². The Bertz CT molecular complexity index is 932. The lowest BCUT2D eigenvalue weighted by Crippen LogP contribution is -2.37. The Kier molecular flexibility index (Phi) is 22.5. The maximum absolute atomic E-state index is 13.3. The van der Waals surface area contributed by atoms with Crippen LogP contribution in [0.1, 0.15) is 59.8 Å². The standard InChI is InChI=1S/C31H60N3O12PS/c1-6-39-14-15-40-16-17-41-18-19-42-20-21-43-22-23-45-47(37,46-31(2,3)4)44-13-11-25(38-5)10-12-32-28(35)9-7-8-27-29-26(24-48-27)33-30(36)34-29/h25-27,29H,6-24H2,1-5H3,(H,32,35)(H2,33,34,36). The molecule has 0 radical (unpaired) electrons. The molecule has 282 valence electrons. The van der Waals surface area contributed by atoms with Crippen LogP contribution in [0.15, 0.2) is 0 Å². The first-order valence-corrected chi connectivity index (χ1v) is 19.5. The summed E-state index contributed by atoms with van der Waals surface area (Å²) in [6, 6.07) is 0.232. The Hall–Kier alpha value is -1.04. The van der Waals surface area contributed by atoms with E-state index in [1.807, 2.05) is 18.7 Å². The van der Waals surface area contributed by atoms with E-state index in [0.29, 0.717) is 90.5 Å². The maximum Gasteiger partial charge on any atom is 0.475 e. The van der Waals surface area contributed by atoms with Crippen molar-refractivity contribution >= 4 is 31.5 Å². The van der Waals surface area contributed by atoms with Crippen LogP contribution in [0.5, 0.6) is 0 Å². The first-order chi connectivity index (χ1) is 23.0. The Balaban J connectivity index is 1.52. The van der Waals surface area contributed by atoms with Crippen LogP contribution in [0.25, 0.3) is 0 Å². The van der Waals surface area contributed by atoms with Gasteiger partial charge in [-0.2, -0.15) is 11.8 Å². The summed E-state index contributed by atoms with van der Waals surface area (Å²) in [6.07, 6.45) is 2.86. The molecule has 0 aromatic rings. The number of rotatable bonds is 30. The van der Waals surface area contributed by atoms with E-state index in [4.69, 9.17) is 42.0 Å². The molecule has 0 saturated carbocycles. The number of hydrogen-bond donors (Lipinski definition) is 3. The van der Waals surface area contributed by atoms with Crippen molar-refractivity contribution < 1.29 is 56.1 Å². The maximum atomic E-state index is 13.3. The molecule has 5 atom stereocenters. The molecule has 3 N–H and O–H groups in total. The van der Waals surface area contributed by atoms with Crippen LogP contribution in [0, 0.1) is 0 Å². The molecule has 0 bridgehead atoms. The molecular weight excluding hydrogens is 669 g/mol. The van der Waals surface area contributed by atoms with E-state index in [-0.39, 0.29) is 49.9 Å². The van der Waals surface area contributed by atoms with Crippen LogP contribution in [0.2, 0.25) is 0 Å². The van der Waals surface area contributed by atoms with Crippen LogP contribution in [0.4, 0.5) is 4.79 Å². The van der Waals surface area contributed by atoms with Gasteiger partial charge in [-0.1, -0.05) is 0 Å². The number of phosphoric acid groups is 1. The summed E-state index contributed by atoms with van der Waals surface area (Å²) in [5.41, 5.74) is -0.757.